The SMILES string of the molecule is CCCCCC(=O)C=Cc1cc(OCCCC(=O)O)c(OC)cn1. The Morgan fingerprint density at radius 3 is 2.67 bits per heavy atom. The van der Waals surface area contributed by atoms with Crippen LogP contribution in [0, 0.1) is 0 Å². The minimum absolute atomic E-state index is 0.0480. The van der Waals surface area contributed by atoms with E-state index in [1.54, 1.807) is 12.1 Å². The van der Waals surface area contributed by atoms with Crippen LogP contribution in [0.25, 0.3) is 6.08 Å². The van der Waals surface area contributed by atoms with E-state index < -0.39 is 5.97 Å². The van der Waals surface area contributed by atoms with E-state index in [1.165, 1.54) is 19.4 Å². The van der Waals surface area contributed by atoms with Gasteiger partial charge in [0.2, 0.25) is 0 Å². The van der Waals surface area contributed by atoms with Crippen LogP contribution < -0.4 is 9.47 Å². The van der Waals surface area contributed by atoms with Crippen molar-refractivity contribution >= 4 is 17.8 Å². The van der Waals surface area contributed by atoms with Gasteiger partial charge in [-0.05, 0) is 25.0 Å². The number of allylic oxidation sites excluding steroid dienone is 1. The van der Waals surface area contributed by atoms with Crippen molar-refractivity contribution in [2.24, 2.45) is 0 Å². The third-order valence-corrected chi connectivity index (χ3v) is 3.33. The summed E-state index contributed by atoms with van der Waals surface area (Å²) in [7, 11) is 1.51. The van der Waals surface area contributed by atoms with Crippen LogP contribution in [0.4, 0.5) is 0 Å². The summed E-state index contributed by atoms with van der Waals surface area (Å²) in [5.41, 5.74) is 0.591. The largest absolute Gasteiger partial charge is 0.491 e. The molecule has 0 atom stereocenters. The van der Waals surface area contributed by atoms with Gasteiger partial charge in [0.05, 0.1) is 25.6 Å². The number of nitrogens with zero attached hydrogens (tertiary/aromatic N) is 1. The summed E-state index contributed by atoms with van der Waals surface area (Å²) in [6.45, 7) is 2.37. The van der Waals surface area contributed by atoms with Crippen molar-refractivity contribution in [3.63, 3.8) is 0 Å². The number of hydrogen-bond acceptors (Lipinski definition) is 5. The van der Waals surface area contributed by atoms with Crippen molar-refractivity contribution < 1.29 is 24.2 Å². The maximum Gasteiger partial charge on any atom is 0.303 e. The highest BCUT2D eigenvalue weighted by Crippen LogP contribution is 2.27. The van der Waals surface area contributed by atoms with Crippen LogP contribution in [-0.4, -0.2) is 35.6 Å². The molecule has 1 heterocycles. The van der Waals surface area contributed by atoms with Crippen molar-refractivity contribution in [3.8, 4) is 11.5 Å². The molecule has 0 aliphatic carbocycles. The molecular weight excluding hydrogens is 310 g/mol. The lowest BCUT2D eigenvalue weighted by Crippen LogP contribution is -2.03. The van der Waals surface area contributed by atoms with Crippen molar-refractivity contribution in [1.82, 2.24) is 4.98 Å². The van der Waals surface area contributed by atoms with Crippen LogP contribution >= 0.6 is 0 Å². The highest BCUT2D eigenvalue weighted by atomic mass is 16.5. The molecule has 1 aromatic rings. The lowest BCUT2D eigenvalue weighted by molar-refractivity contribution is -0.137. The Bertz CT molecular complexity index is 569. The summed E-state index contributed by atoms with van der Waals surface area (Å²) < 4.78 is 10.7. The third kappa shape index (κ3) is 7.76. The van der Waals surface area contributed by atoms with E-state index in [9.17, 15) is 9.59 Å². The normalized spacial score (nSPS) is 10.8. The molecule has 0 unspecified atom stereocenters. The van der Waals surface area contributed by atoms with Crippen molar-refractivity contribution in [1.29, 1.82) is 0 Å². The number of ketones is 1. The minimum Gasteiger partial charge on any atom is -0.491 e. The first-order valence-electron chi connectivity index (χ1n) is 8.16. The highest BCUT2D eigenvalue weighted by Gasteiger charge is 2.07. The molecule has 1 N–H and O–H groups in total. The molecule has 6 nitrogen and oxygen atoms in total. The number of aliphatic carboxylic acids is 1. The summed E-state index contributed by atoms with van der Waals surface area (Å²) in [6, 6.07) is 1.68. The van der Waals surface area contributed by atoms with Crippen molar-refractivity contribution in [2.45, 2.75) is 45.4 Å². The van der Waals surface area contributed by atoms with E-state index in [1.807, 2.05) is 0 Å². The van der Waals surface area contributed by atoms with Crippen LogP contribution in [0.5, 0.6) is 11.5 Å². The van der Waals surface area contributed by atoms with Crippen LogP contribution in [0.1, 0.15) is 51.1 Å². The van der Waals surface area contributed by atoms with E-state index in [-0.39, 0.29) is 18.8 Å². The van der Waals surface area contributed by atoms with Gasteiger partial charge < -0.3 is 14.6 Å². The van der Waals surface area contributed by atoms with E-state index in [2.05, 4.69) is 11.9 Å². The molecular formula is C18H25NO5. The van der Waals surface area contributed by atoms with Gasteiger partial charge in [0.15, 0.2) is 17.3 Å². The fourth-order valence-electron chi connectivity index (χ4n) is 2.01. The summed E-state index contributed by atoms with van der Waals surface area (Å²) in [6.07, 6.45) is 8.72. The number of rotatable bonds is 12. The molecule has 1 aromatic heterocycles. The molecule has 0 amide bonds. The second-order valence-corrected chi connectivity index (χ2v) is 5.36. The van der Waals surface area contributed by atoms with Gasteiger partial charge in [0.1, 0.15) is 0 Å². The number of carboxylic acid groups (broad SMARTS) is 1. The Balaban J connectivity index is 2.63. The van der Waals surface area contributed by atoms with Gasteiger partial charge in [-0.2, -0.15) is 0 Å². The quantitative estimate of drug-likeness (QED) is 0.465. The number of pyridine rings is 1. The molecule has 0 saturated carbocycles. The number of carbonyl (C=O) groups excluding carboxylic acids is 1. The molecule has 0 aliphatic rings. The number of carboxylic acids is 1. The Labute approximate surface area is 142 Å². The second kappa shape index (κ2) is 11.2. The Morgan fingerprint density at radius 1 is 1.21 bits per heavy atom. The van der Waals surface area contributed by atoms with Crippen LogP contribution in [0.2, 0.25) is 0 Å². The summed E-state index contributed by atoms with van der Waals surface area (Å²) in [5.74, 6) is 0.170. The first-order valence-corrected chi connectivity index (χ1v) is 8.16. The molecule has 0 aromatic carbocycles. The molecule has 1 rings (SSSR count). The maximum atomic E-state index is 11.7. The average Bonchev–Trinajstić information content (AvgIpc) is 2.57. The van der Waals surface area contributed by atoms with E-state index in [0.717, 1.165) is 19.3 Å². The predicted octanol–water partition coefficient (Wildman–Crippen LogP) is 3.50. The standard InChI is InChI=1S/C18H25NO5/c1-3-4-5-7-15(20)10-9-14-12-16(17(23-2)13-19-14)24-11-6-8-18(21)22/h9-10,12-13H,3-8,11H2,1-2H3,(H,21,22). The fraction of sp³-hybridized carbons (Fsp3) is 0.500. The van der Waals surface area contributed by atoms with Crippen LogP contribution in [0.15, 0.2) is 18.3 Å². The topological polar surface area (TPSA) is 85.7 Å². The summed E-state index contributed by atoms with van der Waals surface area (Å²) in [5, 5.41) is 8.62. The number of aromatic nitrogens is 1. The number of carbonyl (C=O) groups is 2. The molecule has 0 bridgehead atoms. The fourth-order valence-corrected chi connectivity index (χ4v) is 2.01. The number of unbranched alkanes of at least 4 members (excludes halogenated alkanes) is 2. The van der Waals surface area contributed by atoms with Gasteiger partial charge in [-0.3, -0.25) is 14.6 Å². The van der Waals surface area contributed by atoms with Crippen molar-refractivity contribution in [2.75, 3.05) is 13.7 Å². The zero-order chi connectivity index (χ0) is 17.8. The zero-order valence-corrected chi connectivity index (χ0v) is 14.3. The monoisotopic (exact) mass is 335 g/mol. The maximum absolute atomic E-state index is 11.7. The van der Waals surface area contributed by atoms with Gasteiger partial charge in [-0.1, -0.05) is 19.8 Å². The minimum atomic E-state index is -0.856. The average molecular weight is 335 g/mol. The van der Waals surface area contributed by atoms with Crippen molar-refractivity contribution in [3.05, 3.63) is 24.0 Å². The van der Waals surface area contributed by atoms with Gasteiger partial charge in [0, 0.05) is 18.9 Å². The number of methoxy groups -OCH3 is 1. The first-order chi connectivity index (χ1) is 11.6. The lowest BCUT2D eigenvalue weighted by atomic mass is 10.1. The second-order valence-electron chi connectivity index (χ2n) is 5.36. The lowest BCUT2D eigenvalue weighted by Gasteiger charge is -2.10. The number of ether oxygens (including phenoxy) is 2. The zero-order valence-electron chi connectivity index (χ0n) is 14.3. The Hall–Kier alpha value is -2.37. The van der Waals surface area contributed by atoms with Gasteiger partial charge in [-0.25, -0.2) is 0 Å². The molecule has 132 valence electrons. The molecule has 24 heavy (non-hydrogen) atoms. The smallest absolute Gasteiger partial charge is 0.303 e. The van der Waals surface area contributed by atoms with Crippen LogP contribution in [0.3, 0.4) is 0 Å². The summed E-state index contributed by atoms with van der Waals surface area (Å²) >= 11 is 0. The Morgan fingerprint density at radius 2 is 2.00 bits per heavy atom. The molecule has 0 aliphatic heterocycles. The van der Waals surface area contributed by atoms with Crippen LogP contribution in [-0.2, 0) is 9.59 Å². The van der Waals surface area contributed by atoms with Gasteiger partial charge >= 0.3 is 5.97 Å². The number of hydrogen-bond donors (Lipinski definition) is 1. The highest BCUT2D eigenvalue weighted by molar-refractivity contribution is 5.93. The molecule has 0 radical (unpaired) electrons. The van der Waals surface area contributed by atoms with E-state index in [0.29, 0.717) is 30.0 Å². The molecule has 6 heteroatoms. The van der Waals surface area contributed by atoms with Gasteiger partial charge in [0.25, 0.3) is 0 Å². The molecule has 0 fully saturated rings. The first kappa shape index (κ1) is 19.7. The predicted molar refractivity (Wildman–Crippen MR) is 91.3 cm³/mol. The molecule has 0 saturated heterocycles. The van der Waals surface area contributed by atoms with E-state index in [4.69, 9.17) is 14.6 Å². The third-order valence-electron chi connectivity index (χ3n) is 3.33. The Kier molecular flexibility index (Phi) is 9.19. The van der Waals surface area contributed by atoms with Gasteiger partial charge in [-0.15, -0.1) is 0 Å². The molecule has 0 spiro atoms. The van der Waals surface area contributed by atoms with E-state index >= 15 is 0 Å². The summed E-state index contributed by atoms with van der Waals surface area (Å²) in [4.78, 5) is 26.4.